The average Bonchev–Trinajstić information content (AvgIpc) is 2.83. The Balaban J connectivity index is 1.59. The van der Waals surface area contributed by atoms with Gasteiger partial charge in [0.15, 0.2) is 0 Å². The topological polar surface area (TPSA) is 41.1 Å². The smallest absolute Gasteiger partial charge is 0.223 e. The number of amides is 1. The van der Waals surface area contributed by atoms with Crippen LogP contribution in [-0.2, 0) is 4.79 Å². The first-order valence-electron chi connectivity index (χ1n) is 6.87. The van der Waals surface area contributed by atoms with E-state index in [0.717, 1.165) is 32.4 Å². The monoisotopic (exact) mass is 224 g/mol. The van der Waals surface area contributed by atoms with Crippen molar-refractivity contribution < 1.29 is 4.79 Å². The van der Waals surface area contributed by atoms with Gasteiger partial charge >= 0.3 is 0 Å². The van der Waals surface area contributed by atoms with Crippen molar-refractivity contribution in [3.05, 3.63) is 0 Å². The molecule has 1 heterocycles. The van der Waals surface area contributed by atoms with Crippen LogP contribution in [0.3, 0.4) is 0 Å². The van der Waals surface area contributed by atoms with E-state index in [1.54, 1.807) is 0 Å². The third kappa shape index (κ3) is 3.48. The van der Waals surface area contributed by atoms with Crippen LogP contribution in [0.5, 0.6) is 0 Å². The molecule has 16 heavy (non-hydrogen) atoms. The maximum atomic E-state index is 11.8. The lowest BCUT2D eigenvalue weighted by molar-refractivity contribution is -0.125. The lowest BCUT2D eigenvalue weighted by Crippen LogP contribution is -2.35. The van der Waals surface area contributed by atoms with E-state index in [4.69, 9.17) is 0 Å². The summed E-state index contributed by atoms with van der Waals surface area (Å²) in [5.74, 6) is 0.614. The molecule has 0 bridgehead atoms. The van der Waals surface area contributed by atoms with Gasteiger partial charge in [-0.25, -0.2) is 0 Å². The summed E-state index contributed by atoms with van der Waals surface area (Å²) in [6, 6.07) is 0.645. The van der Waals surface area contributed by atoms with E-state index >= 15 is 0 Å². The highest BCUT2D eigenvalue weighted by molar-refractivity contribution is 5.78. The Morgan fingerprint density at radius 3 is 2.62 bits per heavy atom. The lowest BCUT2D eigenvalue weighted by atomic mass is 9.88. The summed E-state index contributed by atoms with van der Waals surface area (Å²) >= 11 is 0. The second-order valence-corrected chi connectivity index (χ2v) is 5.21. The van der Waals surface area contributed by atoms with Gasteiger partial charge in [0.05, 0.1) is 0 Å². The first-order valence-corrected chi connectivity index (χ1v) is 6.87. The number of hydrogen-bond acceptors (Lipinski definition) is 2. The van der Waals surface area contributed by atoms with Crippen LogP contribution < -0.4 is 10.6 Å². The van der Waals surface area contributed by atoms with Crippen molar-refractivity contribution in [3.8, 4) is 0 Å². The van der Waals surface area contributed by atoms with E-state index < -0.39 is 0 Å². The molecule has 0 aromatic rings. The molecule has 2 aliphatic rings. The lowest BCUT2D eigenvalue weighted by Gasteiger charge is -2.21. The van der Waals surface area contributed by atoms with Crippen LogP contribution in [0.4, 0.5) is 0 Å². The molecule has 3 heteroatoms. The molecule has 0 radical (unpaired) electrons. The zero-order valence-corrected chi connectivity index (χ0v) is 10.1. The van der Waals surface area contributed by atoms with Crippen molar-refractivity contribution in [1.29, 1.82) is 0 Å². The fourth-order valence-corrected chi connectivity index (χ4v) is 2.88. The molecule has 1 saturated carbocycles. The van der Waals surface area contributed by atoms with Crippen LogP contribution in [0.2, 0.25) is 0 Å². The normalized spacial score (nSPS) is 26.9. The minimum absolute atomic E-state index is 0.303. The van der Waals surface area contributed by atoms with Crippen molar-refractivity contribution in [3.63, 3.8) is 0 Å². The fourth-order valence-electron chi connectivity index (χ4n) is 2.88. The van der Waals surface area contributed by atoms with E-state index in [1.165, 1.54) is 32.1 Å². The molecule has 92 valence electrons. The maximum absolute atomic E-state index is 11.8. The van der Waals surface area contributed by atoms with Crippen LogP contribution in [0.1, 0.15) is 51.4 Å². The van der Waals surface area contributed by atoms with E-state index in [1.807, 2.05) is 0 Å². The molecule has 0 aromatic carbocycles. The summed E-state index contributed by atoms with van der Waals surface area (Å²) in [6.07, 6.45) is 9.67. The van der Waals surface area contributed by atoms with Gasteiger partial charge in [0.2, 0.25) is 5.91 Å². The highest BCUT2D eigenvalue weighted by atomic mass is 16.1. The van der Waals surface area contributed by atoms with Crippen molar-refractivity contribution in [1.82, 2.24) is 10.6 Å². The highest BCUT2D eigenvalue weighted by Crippen LogP contribution is 2.23. The molecule has 2 N–H and O–H groups in total. The van der Waals surface area contributed by atoms with Gasteiger partial charge in [-0.15, -0.1) is 0 Å². The predicted octanol–water partition coefficient (Wildman–Crippen LogP) is 1.82. The first-order chi connectivity index (χ1) is 7.86. The summed E-state index contributed by atoms with van der Waals surface area (Å²) in [5, 5.41) is 6.56. The Labute approximate surface area is 98.4 Å². The quantitative estimate of drug-likeness (QED) is 0.765. The summed E-state index contributed by atoms with van der Waals surface area (Å²) < 4.78 is 0. The van der Waals surface area contributed by atoms with Gasteiger partial charge in [0.25, 0.3) is 0 Å². The SMILES string of the molecule is O=C(NCC[C@@H]1CCCN1)C1CCCCC1. The molecule has 0 unspecified atom stereocenters. The molecule has 2 rings (SSSR count). The Bertz CT molecular complexity index is 218. The molecule has 1 atom stereocenters. The van der Waals surface area contributed by atoms with Crippen molar-refractivity contribution in [2.45, 2.75) is 57.4 Å². The standard InChI is InChI=1S/C13H24N2O/c16-13(11-5-2-1-3-6-11)15-10-8-12-7-4-9-14-12/h11-12,14H,1-10H2,(H,15,16)/t12-/m0/s1. The third-order valence-corrected chi connectivity index (χ3v) is 3.93. The summed E-state index contributed by atoms with van der Waals surface area (Å²) in [4.78, 5) is 11.8. The van der Waals surface area contributed by atoms with E-state index in [2.05, 4.69) is 10.6 Å². The predicted molar refractivity (Wildman–Crippen MR) is 65.2 cm³/mol. The first kappa shape index (κ1) is 11.9. The third-order valence-electron chi connectivity index (χ3n) is 3.93. The average molecular weight is 224 g/mol. The minimum Gasteiger partial charge on any atom is -0.356 e. The van der Waals surface area contributed by atoms with Crippen LogP contribution in [0.15, 0.2) is 0 Å². The summed E-state index contributed by atoms with van der Waals surface area (Å²) in [6.45, 7) is 2.01. The number of rotatable bonds is 4. The largest absolute Gasteiger partial charge is 0.356 e. The molecule has 1 amide bonds. The molecular weight excluding hydrogens is 200 g/mol. The Morgan fingerprint density at radius 2 is 1.94 bits per heavy atom. The highest BCUT2D eigenvalue weighted by Gasteiger charge is 2.21. The molecular formula is C13H24N2O. The van der Waals surface area contributed by atoms with Gasteiger partial charge in [-0.05, 0) is 38.6 Å². The molecule has 0 spiro atoms. The fraction of sp³-hybridized carbons (Fsp3) is 0.923. The molecule has 0 aromatic heterocycles. The van der Waals surface area contributed by atoms with Gasteiger partial charge < -0.3 is 10.6 Å². The number of nitrogens with one attached hydrogen (secondary N) is 2. The molecule has 2 fully saturated rings. The van der Waals surface area contributed by atoms with Crippen LogP contribution in [0.25, 0.3) is 0 Å². The number of carbonyl (C=O) groups is 1. The van der Waals surface area contributed by atoms with Gasteiger partial charge in [-0.3, -0.25) is 4.79 Å². The van der Waals surface area contributed by atoms with Gasteiger partial charge in [-0.1, -0.05) is 19.3 Å². The van der Waals surface area contributed by atoms with E-state index in [9.17, 15) is 4.79 Å². The molecule has 1 aliphatic heterocycles. The van der Waals surface area contributed by atoms with Crippen LogP contribution in [-0.4, -0.2) is 25.0 Å². The second-order valence-electron chi connectivity index (χ2n) is 5.21. The summed E-state index contributed by atoms with van der Waals surface area (Å²) in [7, 11) is 0. The van der Waals surface area contributed by atoms with Crippen molar-refractivity contribution in [2.75, 3.05) is 13.1 Å². The van der Waals surface area contributed by atoms with E-state index in [0.29, 0.717) is 17.9 Å². The van der Waals surface area contributed by atoms with Crippen molar-refractivity contribution in [2.24, 2.45) is 5.92 Å². The molecule has 3 nitrogen and oxygen atoms in total. The zero-order valence-electron chi connectivity index (χ0n) is 10.1. The molecule has 1 aliphatic carbocycles. The minimum atomic E-state index is 0.303. The summed E-state index contributed by atoms with van der Waals surface area (Å²) in [5.41, 5.74) is 0. The molecule has 1 saturated heterocycles. The van der Waals surface area contributed by atoms with Gasteiger partial charge in [0.1, 0.15) is 0 Å². The van der Waals surface area contributed by atoms with Crippen molar-refractivity contribution >= 4 is 5.91 Å². The van der Waals surface area contributed by atoms with Crippen LogP contribution in [0, 0.1) is 5.92 Å². The zero-order chi connectivity index (χ0) is 11.2. The van der Waals surface area contributed by atoms with E-state index in [-0.39, 0.29) is 0 Å². The Hall–Kier alpha value is -0.570. The number of carbonyl (C=O) groups excluding carboxylic acids is 1. The Kier molecular flexibility index (Phi) is 4.64. The number of hydrogen-bond donors (Lipinski definition) is 2. The van der Waals surface area contributed by atoms with Gasteiger partial charge in [0, 0.05) is 18.5 Å². The second kappa shape index (κ2) is 6.24. The van der Waals surface area contributed by atoms with Crippen LogP contribution >= 0.6 is 0 Å². The Morgan fingerprint density at radius 1 is 1.12 bits per heavy atom. The van der Waals surface area contributed by atoms with Gasteiger partial charge in [-0.2, -0.15) is 0 Å². The maximum Gasteiger partial charge on any atom is 0.223 e.